The first kappa shape index (κ1) is 11.6. The second kappa shape index (κ2) is 8.68. The Morgan fingerprint density at radius 1 is 1.42 bits per heavy atom. The molecule has 0 spiro atoms. The largest absolute Gasteiger partial charge is 0.381 e. The zero-order chi connectivity index (χ0) is 9.23. The normalized spacial score (nSPS) is 12.1. The van der Waals surface area contributed by atoms with Crippen molar-refractivity contribution in [2.24, 2.45) is 0 Å². The molecule has 0 rings (SSSR count). The molecule has 0 aliphatic heterocycles. The van der Waals surface area contributed by atoms with Gasteiger partial charge in [-0.05, 0) is 0 Å². The maximum atomic E-state index is 8.46. The molecule has 0 amide bonds. The lowest BCUT2D eigenvalue weighted by Crippen LogP contribution is -2.22. The van der Waals surface area contributed by atoms with Crippen LogP contribution in [-0.4, -0.2) is 42.3 Å². The van der Waals surface area contributed by atoms with Crippen molar-refractivity contribution in [1.29, 1.82) is 0 Å². The summed E-state index contributed by atoms with van der Waals surface area (Å²) < 4.78 is 2.30. The summed E-state index contributed by atoms with van der Waals surface area (Å²) in [5.41, 5.74) is 0. The van der Waals surface area contributed by atoms with Crippen LogP contribution in [-0.2, 0) is 0 Å². The lowest BCUT2D eigenvalue weighted by Gasteiger charge is -2.01. The molecular formula is C9H21N2O+. The van der Waals surface area contributed by atoms with E-state index in [4.69, 9.17) is 5.11 Å². The average molecular weight is 173 g/mol. The third kappa shape index (κ3) is 6.31. The monoisotopic (exact) mass is 173 g/mol. The van der Waals surface area contributed by atoms with Gasteiger partial charge < -0.3 is 5.11 Å². The molecule has 2 N–H and O–H groups in total. The fraction of sp³-hybridized carbons (Fsp3) is 0.889. The van der Waals surface area contributed by atoms with Crippen LogP contribution in [0.3, 0.4) is 0 Å². The Bertz CT molecular complexity index is 124. The molecule has 0 aromatic carbocycles. The summed E-state index contributed by atoms with van der Waals surface area (Å²) in [6.07, 6.45) is 4.41. The molecule has 0 aromatic heterocycles. The third-order valence-corrected chi connectivity index (χ3v) is 1.79. The summed E-state index contributed by atoms with van der Waals surface area (Å²) in [4.78, 5) is 0. The molecule has 0 aliphatic rings. The van der Waals surface area contributed by atoms with Gasteiger partial charge in [-0.2, -0.15) is 0 Å². The van der Waals surface area contributed by atoms with Crippen LogP contribution in [0.5, 0.6) is 0 Å². The van der Waals surface area contributed by atoms with Crippen molar-refractivity contribution in [2.45, 2.75) is 26.7 Å². The second-order valence-corrected chi connectivity index (χ2v) is 2.81. The Hall–Kier alpha value is -0.410. The van der Waals surface area contributed by atoms with Gasteiger partial charge in [0, 0.05) is 26.3 Å². The fourth-order valence-electron chi connectivity index (χ4n) is 1.14. The van der Waals surface area contributed by atoms with Crippen molar-refractivity contribution >= 4 is 6.21 Å². The maximum absolute atomic E-state index is 8.46. The van der Waals surface area contributed by atoms with Crippen LogP contribution in [0.1, 0.15) is 26.7 Å². The minimum Gasteiger partial charge on any atom is -0.381 e. The highest BCUT2D eigenvalue weighted by Gasteiger charge is 1.99. The van der Waals surface area contributed by atoms with E-state index in [0.717, 1.165) is 26.1 Å². The van der Waals surface area contributed by atoms with Crippen LogP contribution < -0.4 is 5.32 Å². The van der Waals surface area contributed by atoms with E-state index in [2.05, 4.69) is 30.0 Å². The van der Waals surface area contributed by atoms with Crippen molar-refractivity contribution in [1.82, 2.24) is 5.32 Å². The Morgan fingerprint density at radius 3 is 2.67 bits per heavy atom. The van der Waals surface area contributed by atoms with Crippen LogP contribution in [0, 0.1) is 0 Å². The summed E-state index contributed by atoms with van der Waals surface area (Å²) in [5.74, 6) is 0. The first-order valence-corrected chi connectivity index (χ1v) is 4.70. The molecule has 0 aliphatic carbocycles. The summed E-state index contributed by atoms with van der Waals surface area (Å²) in [7, 11) is 0. The molecule has 72 valence electrons. The highest BCUT2D eigenvalue weighted by atomic mass is 16.3. The van der Waals surface area contributed by atoms with E-state index in [0.29, 0.717) is 0 Å². The Morgan fingerprint density at radius 2 is 2.17 bits per heavy atom. The molecule has 0 radical (unpaired) electrons. The Labute approximate surface area is 75.1 Å². The number of aliphatic hydroxyl groups excluding tert-OH is 1. The topological polar surface area (TPSA) is 35.3 Å². The fourth-order valence-corrected chi connectivity index (χ4v) is 1.14. The molecule has 0 saturated carbocycles. The number of hydrogen-bond donors (Lipinski definition) is 2. The quantitative estimate of drug-likeness (QED) is 0.253. The van der Waals surface area contributed by atoms with Crippen LogP contribution in [0.2, 0.25) is 0 Å². The van der Waals surface area contributed by atoms with Gasteiger partial charge in [0.15, 0.2) is 0 Å². The first-order chi connectivity index (χ1) is 5.85. The average Bonchev–Trinajstić information content (AvgIpc) is 2.10. The highest BCUT2D eigenvalue weighted by Crippen LogP contribution is 1.84. The lowest BCUT2D eigenvalue weighted by molar-refractivity contribution is -0.524. The van der Waals surface area contributed by atoms with Gasteiger partial charge >= 0.3 is 0 Å². The third-order valence-electron chi connectivity index (χ3n) is 1.79. The van der Waals surface area contributed by atoms with E-state index >= 15 is 0 Å². The minimum absolute atomic E-state index is 0.0869. The number of aliphatic hydroxyl groups is 1. The number of nitrogens with one attached hydrogen (secondary N) is 1. The Balaban J connectivity index is 3.33. The molecule has 3 nitrogen and oxygen atoms in total. The van der Waals surface area contributed by atoms with Crippen LogP contribution in [0.15, 0.2) is 0 Å². The van der Waals surface area contributed by atoms with E-state index in [-0.39, 0.29) is 6.73 Å². The highest BCUT2D eigenvalue weighted by molar-refractivity contribution is 5.46. The minimum atomic E-state index is 0.0869. The molecule has 3 heteroatoms. The van der Waals surface area contributed by atoms with E-state index in [1.54, 1.807) is 0 Å². The van der Waals surface area contributed by atoms with E-state index in [1.165, 1.54) is 6.42 Å². The molecule has 12 heavy (non-hydrogen) atoms. The van der Waals surface area contributed by atoms with Crippen molar-refractivity contribution in [3.05, 3.63) is 0 Å². The zero-order valence-corrected chi connectivity index (χ0v) is 8.21. The number of rotatable bonds is 7. The van der Waals surface area contributed by atoms with Crippen molar-refractivity contribution in [3.8, 4) is 0 Å². The summed E-state index contributed by atoms with van der Waals surface area (Å²) in [6.45, 7) is 7.44. The molecule has 0 atom stereocenters. The van der Waals surface area contributed by atoms with Gasteiger partial charge in [-0.1, -0.05) is 6.92 Å². The van der Waals surface area contributed by atoms with Gasteiger partial charge in [-0.25, -0.2) is 4.58 Å². The van der Waals surface area contributed by atoms with Crippen molar-refractivity contribution < 1.29 is 9.68 Å². The van der Waals surface area contributed by atoms with E-state index < -0.39 is 0 Å². The van der Waals surface area contributed by atoms with Crippen LogP contribution in [0.25, 0.3) is 0 Å². The van der Waals surface area contributed by atoms with Crippen LogP contribution >= 0.6 is 0 Å². The van der Waals surface area contributed by atoms with Crippen LogP contribution in [0.4, 0.5) is 0 Å². The first-order valence-electron chi connectivity index (χ1n) is 4.70. The van der Waals surface area contributed by atoms with Gasteiger partial charge in [-0.15, -0.1) is 0 Å². The maximum Gasteiger partial charge on any atom is 0.143 e. The van der Waals surface area contributed by atoms with Gasteiger partial charge in [0.2, 0.25) is 0 Å². The van der Waals surface area contributed by atoms with Gasteiger partial charge in [0.25, 0.3) is 0 Å². The predicted molar refractivity (Wildman–Crippen MR) is 51.7 cm³/mol. The molecule has 0 heterocycles. The molecule has 0 bridgehead atoms. The van der Waals surface area contributed by atoms with E-state index in [1.807, 2.05) is 0 Å². The number of hydrogen-bond acceptors (Lipinski definition) is 2. The lowest BCUT2D eigenvalue weighted by atomic mass is 10.4. The molecular weight excluding hydrogens is 152 g/mol. The smallest absolute Gasteiger partial charge is 0.143 e. The molecule has 0 saturated heterocycles. The number of nitrogens with zero attached hydrogens (tertiary/aromatic N) is 1. The molecule has 0 aromatic rings. The SMILES string of the molecule is CC=[N+](CCC)CCCNCO. The predicted octanol–water partition coefficient (Wildman–Crippen LogP) is 0.429. The Kier molecular flexibility index (Phi) is 8.39. The van der Waals surface area contributed by atoms with Crippen molar-refractivity contribution in [3.63, 3.8) is 0 Å². The van der Waals surface area contributed by atoms with Gasteiger partial charge in [0.05, 0.1) is 6.73 Å². The van der Waals surface area contributed by atoms with Gasteiger partial charge in [0.1, 0.15) is 19.3 Å². The van der Waals surface area contributed by atoms with Gasteiger partial charge in [-0.3, -0.25) is 5.32 Å². The summed E-state index contributed by atoms with van der Waals surface area (Å²) >= 11 is 0. The molecule has 0 unspecified atom stereocenters. The second-order valence-electron chi connectivity index (χ2n) is 2.81. The summed E-state index contributed by atoms with van der Waals surface area (Å²) in [5, 5.41) is 11.3. The van der Waals surface area contributed by atoms with E-state index in [9.17, 15) is 0 Å². The molecule has 0 fully saturated rings. The zero-order valence-electron chi connectivity index (χ0n) is 8.21. The summed E-state index contributed by atoms with van der Waals surface area (Å²) in [6, 6.07) is 0. The standard InChI is InChI=1S/C9H21N2O/c1-3-7-11(4-2)8-5-6-10-9-12/h4,10,12H,3,5-9H2,1-2H3/q+1. The van der Waals surface area contributed by atoms with Crippen molar-refractivity contribution in [2.75, 3.05) is 26.4 Å².